The highest BCUT2D eigenvalue weighted by molar-refractivity contribution is 7.92. The Labute approximate surface area is 99.4 Å². The molecule has 0 spiro atoms. The number of anilines is 1. The molecule has 0 aliphatic carbocycles. The fourth-order valence-corrected chi connectivity index (χ4v) is 2.78. The van der Waals surface area contributed by atoms with Crippen LogP contribution in [-0.4, -0.2) is 19.7 Å². The number of fused-ring (bicyclic) bond motifs is 1. The summed E-state index contributed by atoms with van der Waals surface area (Å²) in [5, 5.41) is 0.411. The number of aromatic nitrogens is 1. The molecule has 0 saturated heterocycles. The number of hydrogen-bond acceptors (Lipinski definition) is 4. The van der Waals surface area contributed by atoms with Crippen LogP contribution in [0.1, 0.15) is 13.8 Å². The third-order valence-corrected chi connectivity index (χ3v) is 3.21. The van der Waals surface area contributed by atoms with Gasteiger partial charge in [0.15, 0.2) is 5.13 Å². The number of para-hydroxylation sites is 1. The largest absolute Gasteiger partial charge is 0.259 e. The molecule has 88 valence electrons. The molecule has 0 fully saturated rings. The number of sulfonamides is 1. The molecule has 4 nitrogen and oxygen atoms in total. The van der Waals surface area contributed by atoms with Crippen molar-refractivity contribution >= 4 is 36.7 Å². The van der Waals surface area contributed by atoms with Gasteiger partial charge >= 0.3 is 0 Å². The van der Waals surface area contributed by atoms with Crippen molar-refractivity contribution in [2.45, 2.75) is 13.8 Å². The number of nitrogens with zero attached hydrogens (tertiary/aromatic N) is 1. The summed E-state index contributed by atoms with van der Waals surface area (Å²) in [5.74, 6) is 0. The van der Waals surface area contributed by atoms with Gasteiger partial charge in [-0.1, -0.05) is 37.3 Å². The van der Waals surface area contributed by atoms with Crippen LogP contribution in [0.2, 0.25) is 0 Å². The Kier molecular flexibility index (Phi) is 4.26. The van der Waals surface area contributed by atoms with Gasteiger partial charge in [-0.15, -0.1) is 0 Å². The molecule has 0 radical (unpaired) electrons. The Morgan fingerprint density at radius 3 is 2.44 bits per heavy atom. The summed E-state index contributed by atoms with van der Waals surface area (Å²) < 4.78 is 25.2. The lowest BCUT2D eigenvalue weighted by atomic mass is 10.3. The van der Waals surface area contributed by atoms with Crippen LogP contribution in [0.25, 0.3) is 10.2 Å². The predicted molar refractivity (Wildman–Crippen MR) is 69.4 cm³/mol. The molecule has 0 unspecified atom stereocenters. The Balaban J connectivity index is 0.000000606. The SMILES string of the molecule is CC.CS(=O)(=O)Nc1nc2ccccc2s1. The number of nitrogens with one attached hydrogen (secondary N) is 1. The lowest BCUT2D eigenvalue weighted by molar-refractivity contribution is 0.607. The minimum absolute atomic E-state index is 0.411. The predicted octanol–water partition coefficient (Wildman–Crippen LogP) is 2.69. The van der Waals surface area contributed by atoms with Crippen LogP contribution in [0.5, 0.6) is 0 Å². The fraction of sp³-hybridized carbons (Fsp3) is 0.300. The van der Waals surface area contributed by atoms with Gasteiger partial charge in [0, 0.05) is 0 Å². The molecular formula is C10H14N2O2S2. The van der Waals surface area contributed by atoms with Crippen molar-refractivity contribution in [3.63, 3.8) is 0 Å². The summed E-state index contributed by atoms with van der Waals surface area (Å²) in [6.45, 7) is 4.00. The number of benzene rings is 1. The monoisotopic (exact) mass is 258 g/mol. The van der Waals surface area contributed by atoms with E-state index in [1.807, 2.05) is 38.1 Å². The molecule has 1 N–H and O–H groups in total. The van der Waals surface area contributed by atoms with Crippen molar-refractivity contribution < 1.29 is 8.42 Å². The van der Waals surface area contributed by atoms with Gasteiger partial charge in [-0.2, -0.15) is 0 Å². The van der Waals surface area contributed by atoms with Crippen molar-refractivity contribution in [3.05, 3.63) is 24.3 Å². The van der Waals surface area contributed by atoms with Crippen LogP contribution >= 0.6 is 11.3 Å². The number of thiazole rings is 1. The zero-order valence-corrected chi connectivity index (χ0v) is 11.0. The maximum Gasteiger partial charge on any atom is 0.231 e. The van der Waals surface area contributed by atoms with Crippen LogP contribution in [0.4, 0.5) is 5.13 Å². The number of rotatable bonds is 2. The zero-order valence-electron chi connectivity index (χ0n) is 9.39. The van der Waals surface area contributed by atoms with E-state index < -0.39 is 10.0 Å². The highest BCUT2D eigenvalue weighted by atomic mass is 32.2. The molecule has 0 aliphatic heterocycles. The van der Waals surface area contributed by atoms with E-state index in [1.165, 1.54) is 11.3 Å². The molecule has 6 heteroatoms. The maximum absolute atomic E-state index is 10.9. The van der Waals surface area contributed by atoms with E-state index in [9.17, 15) is 8.42 Å². The smallest absolute Gasteiger partial charge is 0.231 e. The summed E-state index contributed by atoms with van der Waals surface area (Å²) in [7, 11) is -3.23. The van der Waals surface area contributed by atoms with Crippen molar-refractivity contribution in [2.75, 3.05) is 11.0 Å². The summed E-state index contributed by atoms with van der Waals surface area (Å²) in [6, 6.07) is 7.51. The topological polar surface area (TPSA) is 59.1 Å². The summed E-state index contributed by atoms with van der Waals surface area (Å²) in [5.41, 5.74) is 0.809. The van der Waals surface area contributed by atoms with Gasteiger partial charge in [0.25, 0.3) is 0 Å². The second-order valence-corrected chi connectivity index (χ2v) is 5.64. The van der Waals surface area contributed by atoms with E-state index in [1.54, 1.807) is 0 Å². The van der Waals surface area contributed by atoms with Crippen LogP contribution in [-0.2, 0) is 10.0 Å². The lowest BCUT2D eigenvalue weighted by Crippen LogP contribution is -2.08. The van der Waals surface area contributed by atoms with E-state index in [0.717, 1.165) is 16.5 Å². The summed E-state index contributed by atoms with van der Waals surface area (Å²) >= 11 is 1.32. The molecule has 0 saturated carbocycles. The molecule has 0 amide bonds. The van der Waals surface area contributed by atoms with Gasteiger partial charge in [0.2, 0.25) is 10.0 Å². The standard InChI is InChI=1S/C8H8N2O2S2.C2H6/c1-14(11,12)10-8-9-6-4-2-3-5-7(6)13-8;1-2/h2-5H,1H3,(H,9,10);1-2H3. The third kappa shape index (κ3) is 3.46. The molecule has 1 aromatic heterocycles. The molecule has 2 aromatic rings. The van der Waals surface area contributed by atoms with E-state index in [4.69, 9.17) is 0 Å². The first-order chi connectivity index (χ1) is 7.54. The molecule has 0 atom stereocenters. The van der Waals surface area contributed by atoms with Gasteiger partial charge in [0.05, 0.1) is 16.5 Å². The second kappa shape index (κ2) is 5.27. The van der Waals surface area contributed by atoms with Crippen LogP contribution < -0.4 is 4.72 Å². The van der Waals surface area contributed by atoms with Gasteiger partial charge < -0.3 is 0 Å². The Morgan fingerprint density at radius 1 is 1.25 bits per heavy atom. The van der Waals surface area contributed by atoms with E-state index >= 15 is 0 Å². The number of hydrogen-bond donors (Lipinski definition) is 1. The Morgan fingerprint density at radius 2 is 1.88 bits per heavy atom. The highest BCUT2D eigenvalue weighted by Crippen LogP contribution is 2.25. The van der Waals surface area contributed by atoms with Gasteiger partial charge in [-0.3, -0.25) is 4.72 Å². The molecule has 0 bridgehead atoms. The van der Waals surface area contributed by atoms with Crippen molar-refractivity contribution in [1.82, 2.24) is 4.98 Å². The lowest BCUT2D eigenvalue weighted by Gasteiger charge is -1.95. The molecule has 0 aliphatic rings. The summed E-state index contributed by atoms with van der Waals surface area (Å²) in [4.78, 5) is 4.13. The molecule has 1 aromatic carbocycles. The quantitative estimate of drug-likeness (QED) is 0.901. The maximum atomic E-state index is 10.9. The average molecular weight is 258 g/mol. The van der Waals surface area contributed by atoms with Crippen molar-refractivity contribution in [3.8, 4) is 0 Å². The average Bonchev–Trinajstić information content (AvgIpc) is 2.59. The van der Waals surface area contributed by atoms with Gasteiger partial charge in [-0.25, -0.2) is 13.4 Å². The second-order valence-electron chi connectivity index (χ2n) is 2.86. The van der Waals surface area contributed by atoms with E-state index in [2.05, 4.69) is 9.71 Å². The van der Waals surface area contributed by atoms with E-state index in [-0.39, 0.29) is 0 Å². The van der Waals surface area contributed by atoms with Crippen molar-refractivity contribution in [2.24, 2.45) is 0 Å². The molecule has 1 heterocycles. The molecule has 2 rings (SSSR count). The Bertz CT molecular complexity index is 528. The first-order valence-corrected chi connectivity index (χ1v) is 7.59. The first-order valence-electron chi connectivity index (χ1n) is 4.88. The van der Waals surface area contributed by atoms with Gasteiger partial charge in [0.1, 0.15) is 0 Å². The summed E-state index contributed by atoms with van der Waals surface area (Å²) in [6.07, 6.45) is 1.11. The third-order valence-electron chi connectivity index (χ3n) is 1.57. The van der Waals surface area contributed by atoms with Crippen LogP contribution in [0.3, 0.4) is 0 Å². The Hall–Kier alpha value is -1.14. The minimum Gasteiger partial charge on any atom is -0.259 e. The van der Waals surface area contributed by atoms with Gasteiger partial charge in [-0.05, 0) is 12.1 Å². The highest BCUT2D eigenvalue weighted by Gasteiger charge is 2.06. The van der Waals surface area contributed by atoms with E-state index in [0.29, 0.717) is 5.13 Å². The van der Waals surface area contributed by atoms with Crippen LogP contribution in [0, 0.1) is 0 Å². The normalized spacial score (nSPS) is 10.7. The first kappa shape index (κ1) is 12.9. The molecule has 16 heavy (non-hydrogen) atoms. The van der Waals surface area contributed by atoms with Crippen LogP contribution in [0.15, 0.2) is 24.3 Å². The van der Waals surface area contributed by atoms with Crippen molar-refractivity contribution in [1.29, 1.82) is 0 Å². The minimum atomic E-state index is -3.23. The molecular weight excluding hydrogens is 244 g/mol. The fourth-order valence-electron chi connectivity index (χ4n) is 1.07. The zero-order chi connectivity index (χ0) is 12.2.